The highest BCUT2D eigenvalue weighted by Crippen LogP contribution is 2.32. The van der Waals surface area contributed by atoms with E-state index in [1.165, 1.54) is 5.56 Å². The number of amides is 1. The van der Waals surface area contributed by atoms with Crippen molar-refractivity contribution in [1.29, 1.82) is 0 Å². The number of para-hydroxylation sites is 1. The van der Waals surface area contributed by atoms with Crippen molar-refractivity contribution in [2.75, 3.05) is 32.1 Å². The molecule has 0 N–H and O–H groups in total. The van der Waals surface area contributed by atoms with Crippen LogP contribution in [0.1, 0.15) is 48.7 Å². The van der Waals surface area contributed by atoms with Gasteiger partial charge in [0.2, 0.25) is 0 Å². The van der Waals surface area contributed by atoms with E-state index in [4.69, 9.17) is 4.98 Å². The third-order valence-corrected chi connectivity index (χ3v) is 6.11. The number of hydrogen-bond donors (Lipinski definition) is 0. The van der Waals surface area contributed by atoms with Crippen molar-refractivity contribution < 1.29 is 4.79 Å². The number of benzene rings is 2. The van der Waals surface area contributed by atoms with E-state index in [1.807, 2.05) is 23.1 Å². The van der Waals surface area contributed by atoms with Crippen molar-refractivity contribution in [3.63, 3.8) is 0 Å². The lowest BCUT2D eigenvalue weighted by molar-refractivity contribution is 0.0986. The summed E-state index contributed by atoms with van der Waals surface area (Å²) in [5.41, 5.74) is 4.13. The lowest BCUT2D eigenvalue weighted by atomic mass is 9.86. The lowest BCUT2D eigenvalue weighted by Gasteiger charge is -2.22. The second kappa shape index (κ2) is 9.90. The molecule has 0 aliphatic rings. The van der Waals surface area contributed by atoms with E-state index in [1.54, 1.807) is 11.3 Å². The molecule has 0 fully saturated rings. The number of carbonyl (C=O) groups excluding carboxylic acids is 1. The fraction of sp³-hybridized carbons (Fsp3) is 0.417. The van der Waals surface area contributed by atoms with Crippen LogP contribution in [0, 0.1) is 6.92 Å². The zero-order valence-electron chi connectivity index (χ0n) is 18.7. The van der Waals surface area contributed by atoms with Gasteiger partial charge in [-0.1, -0.05) is 56.4 Å². The first kappa shape index (κ1) is 24.3. The number of aryl methyl sites for hydroxylation is 1. The van der Waals surface area contributed by atoms with Crippen LogP contribution < -0.4 is 4.90 Å². The third-order valence-electron chi connectivity index (χ3n) is 5.07. The molecule has 3 aromatic rings. The van der Waals surface area contributed by atoms with Crippen LogP contribution >= 0.6 is 23.7 Å². The van der Waals surface area contributed by atoms with Gasteiger partial charge in [0, 0.05) is 12.1 Å². The highest BCUT2D eigenvalue weighted by atomic mass is 35.5. The summed E-state index contributed by atoms with van der Waals surface area (Å²) in [6.07, 6.45) is 0.897. The third kappa shape index (κ3) is 5.60. The van der Waals surface area contributed by atoms with E-state index in [0.29, 0.717) is 12.1 Å². The molecule has 0 radical (unpaired) electrons. The molecule has 0 unspecified atom stereocenters. The summed E-state index contributed by atoms with van der Waals surface area (Å²) >= 11 is 1.59. The molecule has 1 amide bonds. The number of fused-ring (bicyclic) bond motifs is 1. The number of thiazole rings is 1. The Balaban J connectivity index is 0.00000320. The van der Waals surface area contributed by atoms with Gasteiger partial charge < -0.3 is 4.90 Å². The van der Waals surface area contributed by atoms with Crippen LogP contribution in [0.25, 0.3) is 10.2 Å². The van der Waals surface area contributed by atoms with E-state index in [0.717, 1.165) is 33.9 Å². The number of carbonyl (C=O) groups is 1. The summed E-state index contributed by atoms with van der Waals surface area (Å²) in [6.45, 7) is 10.2. The van der Waals surface area contributed by atoms with Crippen molar-refractivity contribution >= 4 is 45.0 Å². The van der Waals surface area contributed by atoms with Gasteiger partial charge in [0.15, 0.2) is 5.13 Å². The van der Waals surface area contributed by atoms with Gasteiger partial charge in [-0.05, 0) is 68.7 Å². The Morgan fingerprint density at radius 2 is 1.70 bits per heavy atom. The molecule has 0 saturated heterocycles. The van der Waals surface area contributed by atoms with E-state index in [-0.39, 0.29) is 23.7 Å². The van der Waals surface area contributed by atoms with Gasteiger partial charge in [-0.3, -0.25) is 9.69 Å². The van der Waals surface area contributed by atoms with Gasteiger partial charge in [0.1, 0.15) is 0 Å². The van der Waals surface area contributed by atoms with Crippen LogP contribution in [0.15, 0.2) is 42.5 Å². The number of aromatic nitrogens is 1. The van der Waals surface area contributed by atoms with Crippen LogP contribution in [0.3, 0.4) is 0 Å². The fourth-order valence-electron chi connectivity index (χ4n) is 3.29. The van der Waals surface area contributed by atoms with E-state index in [2.05, 4.69) is 71.0 Å². The van der Waals surface area contributed by atoms with Crippen LogP contribution in [0.4, 0.5) is 5.13 Å². The largest absolute Gasteiger partial charge is 0.309 e. The monoisotopic (exact) mass is 445 g/mol. The predicted molar refractivity (Wildman–Crippen MR) is 132 cm³/mol. The summed E-state index contributed by atoms with van der Waals surface area (Å²) in [6, 6.07) is 14.2. The van der Waals surface area contributed by atoms with Gasteiger partial charge in [-0.15, -0.1) is 12.4 Å². The summed E-state index contributed by atoms with van der Waals surface area (Å²) in [7, 11) is 4.11. The molecular weight excluding hydrogens is 414 g/mol. The smallest absolute Gasteiger partial charge is 0.260 e. The Kier molecular flexibility index (Phi) is 8.03. The summed E-state index contributed by atoms with van der Waals surface area (Å²) < 4.78 is 1.12. The maximum Gasteiger partial charge on any atom is 0.260 e. The average Bonchev–Trinajstić information content (AvgIpc) is 3.09. The summed E-state index contributed by atoms with van der Waals surface area (Å²) in [5.74, 6) is 0.0147. The van der Waals surface area contributed by atoms with Gasteiger partial charge in [0.05, 0.1) is 10.2 Å². The van der Waals surface area contributed by atoms with Crippen LogP contribution in [-0.2, 0) is 5.41 Å². The number of hydrogen-bond acceptors (Lipinski definition) is 4. The van der Waals surface area contributed by atoms with Gasteiger partial charge in [-0.2, -0.15) is 0 Å². The van der Waals surface area contributed by atoms with Gasteiger partial charge in [-0.25, -0.2) is 4.98 Å². The Morgan fingerprint density at radius 3 is 2.27 bits per heavy atom. The fourth-order valence-corrected chi connectivity index (χ4v) is 4.36. The van der Waals surface area contributed by atoms with Crippen molar-refractivity contribution in [3.8, 4) is 0 Å². The molecule has 1 aromatic heterocycles. The summed E-state index contributed by atoms with van der Waals surface area (Å²) in [4.78, 5) is 22.2. The molecule has 6 heteroatoms. The number of anilines is 1. The maximum atomic E-state index is 13.4. The Hall–Kier alpha value is -1.95. The van der Waals surface area contributed by atoms with Crippen molar-refractivity contribution in [1.82, 2.24) is 9.88 Å². The number of nitrogens with zero attached hydrogens (tertiary/aromatic N) is 3. The normalized spacial score (nSPS) is 11.6. The standard InChI is InChI=1S/C24H31N3OS.ClH/c1-17-9-7-10-20-21(17)25-23(29-20)27(16-8-15-26(5)6)22(28)18-11-13-19(14-12-18)24(2,3)4;/h7,9-14H,8,15-16H2,1-6H3;1H. The van der Waals surface area contributed by atoms with Crippen molar-refractivity contribution in [3.05, 3.63) is 59.2 Å². The molecule has 4 nitrogen and oxygen atoms in total. The predicted octanol–water partition coefficient (Wildman–Crippen LogP) is 5.92. The van der Waals surface area contributed by atoms with Crippen LogP contribution in [-0.4, -0.2) is 43.0 Å². The minimum atomic E-state index is 0. The van der Waals surface area contributed by atoms with Gasteiger partial charge in [0.25, 0.3) is 5.91 Å². The van der Waals surface area contributed by atoms with E-state index in [9.17, 15) is 4.79 Å². The van der Waals surface area contributed by atoms with Gasteiger partial charge >= 0.3 is 0 Å². The van der Waals surface area contributed by atoms with E-state index >= 15 is 0 Å². The zero-order valence-corrected chi connectivity index (χ0v) is 20.4. The van der Waals surface area contributed by atoms with E-state index < -0.39 is 0 Å². The highest BCUT2D eigenvalue weighted by molar-refractivity contribution is 7.22. The maximum absolute atomic E-state index is 13.4. The molecule has 1 heterocycles. The minimum Gasteiger partial charge on any atom is -0.309 e. The molecule has 0 spiro atoms. The topological polar surface area (TPSA) is 36.4 Å². The molecule has 162 valence electrons. The lowest BCUT2D eigenvalue weighted by Crippen LogP contribution is -2.33. The number of rotatable bonds is 6. The van der Waals surface area contributed by atoms with Crippen molar-refractivity contribution in [2.24, 2.45) is 0 Å². The first-order chi connectivity index (χ1) is 13.7. The summed E-state index contributed by atoms with van der Waals surface area (Å²) in [5, 5.41) is 0.776. The Morgan fingerprint density at radius 1 is 1.03 bits per heavy atom. The van der Waals surface area contributed by atoms with Crippen LogP contribution in [0.2, 0.25) is 0 Å². The number of halogens is 1. The molecule has 0 bridgehead atoms. The molecule has 3 rings (SSSR count). The minimum absolute atomic E-state index is 0. The first-order valence-corrected chi connectivity index (χ1v) is 10.9. The average molecular weight is 446 g/mol. The molecule has 0 aliphatic heterocycles. The highest BCUT2D eigenvalue weighted by Gasteiger charge is 2.22. The van der Waals surface area contributed by atoms with Crippen molar-refractivity contribution in [2.45, 2.75) is 39.5 Å². The molecular formula is C24H32ClN3OS. The second-order valence-electron chi connectivity index (χ2n) is 8.86. The Bertz CT molecular complexity index is 990. The van der Waals surface area contributed by atoms with Crippen LogP contribution in [0.5, 0.6) is 0 Å². The molecule has 0 atom stereocenters. The zero-order chi connectivity index (χ0) is 21.2. The molecule has 0 saturated carbocycles. The second-order valence-corrected chi connectivity index (χ2v) is 9.87. The quantitative estimate of drug-likeness (QED) is 0.472. The first-order valence-electron chi connectivity index (χ1n) is 10.1. The Labute approximate surface area is 190 Å². The molecule has 2 aromatic carbocycles. The SMILES string of the molecule is Cc1cccc2sc(N(CCCN(C)C)C(=O)c3ccc(C(C)(C)C)cc3)nc12.Cl. The molecule has 30 heavy (non-hydrogen) atoms. The molecule has 0 aliphatic carbocycles.